The lowest BCUT2D eigenvalue weighted by atomic mass is 9.92. The SMILES string of the molecule is [CH2]C(c1cc(F)cc(C(F)(F)F)c1)C(O)CC. The molecule has 5 heteroatoms. The number of hydrogen-bond donors (Lipinski definition) is 1. The van der Waals surface area contributed by atoms with E-state index in [0.29, 0.717) is 12.5 Å². The Morgan fingerprint density at radius 1 is 1.29 bits per heavy atom. The normalized spacial score (nSPS) is 15.7. The third-order valence-corrected chi connectivity index (χ3v) is 2.56. The number of halogens is 4. The van der Waals surface area contributed by atoms with Crippen molar-refractivity contribution in [2.75, 3.05) is 0 Å². The second kappa shape index (κ2) is 5.04. The molecule has 0 fully saturated rings. The molecular weight excluding hydrogens is 236 g/mol. The van der Waals surface area contributed by atoms with E-state index in [-0.39, 0.29) is 5.56 Å². The van der Waals surface area contributed by atoms with E-state index in [0.717, 1.165) is 12.1 Å². The van der Waals surface area contributed by atoms with Crippen molar-refractivity contribution in [1.82, 2.24) is 0 Å². The molecule has 1 aromatic carbocycles. The minimum atomic E-state index is -4.60. The molecule has 0 bridgehead atoms. The summed E-state index contributed by atoms with van der Waals surface area (Å²) in [5.74, 6) is -1.76. The van der Waals surface area contributed by atoms with Crippen LogP contribution >= 0.6 is 0 Å². The zero-order chi connectivity index (χ0) is 13.2. The Balaban J connectivity index is 3.14. The molecule has 0 aromatic heterocycles. The zero-order valence-corrected chi connectivity index (χ0v) is 9.26. The van der Waals surface area contributed by atoms with Gasteiger partial charge in [0.25, 0.3) is 0 Å². The third kappa shape index (κ3) is 3.43. The predicted octanol–water partition coefficient (Wildman–Crippen LogP) is 3.53. The van der Waals surface area contributed by atoms with Gasteiger partial charge in [-0.15, -0.1) is 0 Å². The molecule has 0 saturated heterocycles. The number of hydrogen-bond acceptors (Lipinski definition) is 1. The smallest absolute Gasteiger partial charge is 0.393 e. The van der Waals surface area contributed by atoms with Gasteiger partial charge in [-0.1, -0.05) is 6.92 Å². The van der Waals surface area contributed by atoms with E-state index in [2.05, 4.69) is 6.92 Å². The fourth-order valence-electron chi connectivity index (χ4n) is 1.50. The largest absolute Gasteiger partial charge is 0.416 e. The molecule has 0 aliphatic carbocycles. The Kier molecular flexibility index (Phi) is 4.14. The number of benzene rings is 1. The maximum Gasteiger partial charge on any atom is 0.416 e. The highest BCUT2D eigenvalue weighted by atomic mass is 19.4. The van der Waals surface area contributed by atoms with Crippen LogP contribution in [0.1, 0.15) is 30.4 Å². The molecule has 0 amide bonds. The molecule has 1 radical (unpaired) electrons. The van der Waals surface area contributed by atoms with Crippen LogP contribution in [-0.4, -0.2) is 11.2 Å². The highest BCUT2D eigenvalue weighted by Gasteiger charge is 2.32. The van der Waals surface area contributed by atoms with Gasteiger partial charge in [-0.3, -0.25) is 0 Å². The lowest BCUT2D eigenvalue weighted by Gasteiger charge is -2.19. The molecular formula is C12H13F4O. The van der Waals surface area contributed by atoms with Gasteiger partial charge in [-0.25, -0.2) is 4.39 Å². The number of aliphatic hydroxyl groups excluding tert-OH is 1. The summed E-state index contributed by atoms with van der Waals surface area (Å²) in [6.07, 6.45) is -5.15. The Morgan fingerprint density at radius 2 is 1.88 bits per heavy atom. The van der Waals surface area contributed by atoms with Gasteiger partial charge in [0.1, 0.15) is 5.82 Å². The summed E-state index contributed by atoms with van der Waals surface area (Å²) in [6, 6.07) is 2.21. The molecule has 1 aromatic rings. The first-order valence-corrected chi connectivity index (χ1v) is 5.14. The van der Waals surface area contributed by atoms with Crippen LogP contribution in [0, 0.1) is 12.7 Å². The summed E-state index contributed by atoms with van der Waals surface area (Å²) >= 11 is 0. The lowest BCUT2D eigenvalue weighted by Crippen LogP contribution is -2.16. The first-order valence-electron chi connectivity index (χ1n) is 5.14. The molecule has 1 N–H and O–H groups in total. The van der Waals surface area contributed by atoms with Crippen LogP contribution in [0.25, 0.3) is 0 Å². The molecule has 17 heavy (non-hydrogen) atoms. The average molecular weight is 249 g/mol. The molecule has 2 unspecified atom stereocenters. The van der Waals surface area contributed by atoms with E-state index >= 15 is 0 Å². The van der Waals surface area contributed by atoms with E-state index in [1.165, 1.54) is 0 Å². The van der Waals surface area contributed by atoms with E-state index < -0.39 is 29.6 Å². The van der Waals surface area contributed by atoms with Crippen LogP contribution in [0.15, 0.2) is 18.2 Å². The minimum absolute atomic E-state index is 0.0478. The molecule has 1 rings (SSSR count). The van der Waals surface area contributed by atoms with E-state index in [4.69, 9.17) is 0 Å². The lowest BCUT2D eigenvalue weighted by molar-refractivity contribution is -0.137. The van der Waals surface area contributed by atoms with Crippen molar-refractivity contribution in [1.29, 1.82) is 0 Å². The molecule has 0 heterocycles. The van der Waals surface area contributed by atoms with Crippen molar-refractivity contribution in [2.24, 2.45) is 0 Å². The standard InChI is InChI=1S/C12H13F4O/c1-3-11(17)7(2)8-4-9(12(14,15)16)6-10(13)5-8/h4-7,11,17H,2-3H2,1H3. The van der Waals surface area contributed by atoms with Gasteiger partial charge in [0.05, 0.1) is 11.7 Å². The van der Waals surface area contributed by atoms with Crippen molar-refractivity contribution in [3.8, 4) is 0 Å². The van der Waals surface area contributed by atoms with Gasteiger partial charge in [-0.05, 0) is 37.1 Å². The van der Waals surface area contributed by atoms with Crippen LogP contribution in [-0.2, 0) is 6.18 Å². The molecule has 1 nitrogen and oxygen atoms in total. The Bertz CT molecular complexity index is 387. The first kappa shape index (κ1) is 14.0. The van der Waals surface area contributed by atoms with Gasteiger partial charge in [0, 0.05) is 5.92 Å². The summed E-state index contributed by atoms with van der Waals surface area (Å²) < 4.78 is 50.4. The number of aliphatic hydroxyl groups is 1. The van der Waals surface area contributed by atoms with Gasteiger partial charge < -0.3 is 5.11 Å². The van der Waals surface area contributed by atoms with Crippen molar-refractivity contribution >= 4 is 0 Å². The summed E-state index contributed by atoms with van der Waals surface area (Å²) in [7, 11) is 0. The second-order valence-corrected chi connectivity index (χ2v) is 3.85. The highest BCUT2D eigenvalue weighted by Crippen LogP contribution is 2.32. The van der Waals surface area contributed by atoms with Crippen LogP contribution in [0.4, 0.5) is 17.6 Å². The fourth-order valence-corrected chi connectivity index (χ4v) is 1.50. The van der Waals surface area contributed by atoms with E-state index in [1.807, 2.05) is 0 Å². The molecule has 0 spiro atoms. The fraction of sp³-hybridized carbons (Fsp3) is 0.417. The van der Waals surface area contributed by atoms with Gasteiger partial charge in [0.2, 0.25) is 0 Å². The molecule has 95 valence electrons. The Morgan fingerprint density at radius 3 is 2.35 bits per heavy atom. The van der Waals surface area contributed by atoms with Crippen molar-refractivity contribution < 1.29 is 22.7 Å². The summed E-state index contributed by atoms with van der Waals surface area (Å²) in [5, 5.41) is 9.50. The average Bonchev–Trinajstić information content (AvgIpc) is 2.25. The maximum absolute atomic E-state index is 13.1. The molecule has 0 aliphatic rings. The Hall–Kier alpha value is -1.10. The van der Waals surface area contributed by atoms with Crippen LogP contribution in [0.3, 0.4) is 0 Å². The first-order chi connectivity index (χ1) is 7.75. The number of rotatable bonds is 3. The molecule has 0 aliphatic heterocycles. The van der Waals surface area contributed by atoms with E-state index in [9.17, 15) is 22.7 Å². The third-order valence-electron chi connectivity index (χ3n) is 2.56. The monoisotopic (exact) mass is 249 g/mol. The predicted molar refractivity (Wildman–Crippen MR) is 55.8 cm³/mol. The van der Waals surface area contributed by atoms with Crippen molar-refractivity contribution in [3.63, 3.8) is 0 Å². The van der Waals surface area contributed by atoms with Crippen LogP contribution in [0.5, 0.6) is 0 Å². The quantitative estimate of drug-likeness (QED) is 0.812. The second-order valence-electron chi connectivity index (χ2n) is 3.85. The van der Waals surface area contributed by atoms with Crippen LogP contribution in [0.2, 0.25) is 0 Å². The zero-order valence-electron chi connectivity index (χ0n) is 9.26. The topological polar surface area (TPSA) is 20.2 Å². The maximum atomic E-state index is 13.1. The Labute approximate surface area is 97.1 Å². The van der Waals surface area contributed by atoms with Gasteiger partial charge in [0.15, 0.2) is 0 Å². The molecule has 2 atom stereocenters. The van der Waals surface area contributed by atoms with E-state index in [1.54, 1.807) is 6.92 Å². The summed E-state index contributed by atoms with van der Waals surface area (Å²) in [6.45, 7) is 5.23. The highest BCUT2D eigenvalue weighted by molar-refractivity contribution is 5.30. The summed E-state index contributed by atoms with van der Waals surface area (Å²) in [4.78, 5) is 0. The minimum Gasteiger partial charge on any atom is -0.393 e. The number of alkyl halides is 3. The van der Waals surface area contributed by atoms with Crippen molar-refractivity contribution in [3.05, 3.63) is 42.1 Å². The van der Waals surface area contributed by atoms with Crippen LogP contribution < -0.4 is 0 Å². The van der Waals surface area contributed by atoms with Gasteiger partial charge in [-0.2, -0.15) is 13.2 Å². The van der Waals surface area contributed by atoms with Crippen molar-refractivity contribution in [2.45, 2.75) is 31.5 Å². The van der Waals surface area contributed by atoms with Gasteiger partial charge >= 0.3 is 6.18 Å². The molecule has 0 saturated carbocycles. The summed E-state index contributed by atoms with van der Waals surface area (Å²) in [5.41, 5.74) is -1.02.